The molecule has 1 aliphatic rings. The molecule has 0 aliphatic carbocycles. The van der Waals surface area contributed by atoms with Crippen molar-refractivity contribution in [2.24, 2.45) is 0 Å². The standard InChI is InChI=1S/C27H29NO3/c1-28(19-24-9-5-6-10-26(24)22-15-17-30-18-16-22)27(29)23-11-13-25(14-12-23)31-20-21-7-3-2-4-8-21/h2-14,22H,15-20H2,1H3. The third kappa shape index (κ3) is 5.53. The highest BCUT2D eigenvalue weighted by Gasteiger charge is 2.20. The molecule has 3 aromatic rings. The molecule has 1 aliphatic heterocycles. The summed E-state index contributed by atoms with van der Waals surface area (Å²) >= 11 is 0. The molecular weight excluding hydrogens is 386 g/mol. The van der Waals surface area contributed by atoms with Crippen LogP contribution in [0.2, 0.25) is 0 Å². The molecule has 160 valence electrons. The van der Waals surface area contributed by atoms with E-state index in [1.165, 1.54) is 11.1 Å². The number of benzene rings is 3. The van der Waals surface area contributed by atoms with E-state index in [9.17, 15) is 4.79 Å². The van der Waals surface area contributed by atoms with Gasteiger partial charge in [-0.25, -0.2) is 0 Å². The van der Waals surface area contributed by atoms with Crippen molar-refractivity contribution in [2.45, 2.75) is 31.9 Å². The van der Waals surface area contributed by atoms with Gasteiger partial charge >= 0.3 is 0 Å². The first-order chi connectivity index (χ1) is 15.2. The minimum Gasteiger partial charge on any atom is -0.489 e. The van der Waals surface area contributed by atoms with E-state index in [0.29, 0.717) is 24.6 Å². The summed E-state index contributed by atoms with van der Waals surface area (Å²) in [4.78, 5) is 14.8. The fourth-order valence-corrected chi connectivity index (χ4v) is 4.07. The minimum absolute atomic E-state index is 0.0105. The number of carbonyl (C=O) groups is 1. The van der Waals surface area contributed by atoms with Crippen LogP contribution in [0.5, 0.6) is 5.75 Å². The molecule has 0 aromatic heterocycles. The Morgan fingerprint density at radius 1 is 0.935 bits per heavy atom. The number of hydrogen-bond acceptors (Lipinski definition) is 3. The number of ether oxygens (including phenoxy) is 2. The fourth-order valence-electron chi connectivity index (χ4n) is 4.07. The number of hydrogen-bond donors (Lipinski definition) is 0. The lowest BCUT2D eigenvalue weighted by molar-refractivity contribution is 0.0778. The topological polar surface area (TPSA) is 38.8 Å². The van der Waals surface area contributed by atoms with Crippen LogP contribution >= 0.6 is 0 Å². The van der Waals surface area contributed by atoms with Crippen LogP contribution in [0.15, 0.2) is 78.9 Å². The highest BCUT2D eigenvalue weighted by molar-refractivity contribution is 5.94. The molecular formula is C27H29NO3. The van der Waals surface area contributed by atoms with Crippen LogP contribution in [-0.2, 0) is 17.9 Å². The number of nitrogens with zero attached hydrogens (tertiary/aromatic N) is 1. The Morgan fingerprint density at radius 2 is 1.61 bits per heavy atom. The van der Waals surface area contributed by atoms with Gasteiger partial charge in [-0.15, -0.1) is 0 Å². The van der Waals surface area contributed by atoms with Crippen molar-refractivity contribution < 1.29 is 14.3 Å². The summed E-state index contributed by atoms with van der Waals surface area (Å²) in [7, 11) is 1.86. The molecule has 0 saturated carbocycles. The summed E-state index contributed by atoms with van der Waals surface area (Å²) in [5.41, 5.74) is 4.34. The van der Waals surface area contributed by atoms with E-state index in [1.807, 2.05) is 61.6 Å². The van der Waals surface area contributed by atoms with Crippen molar-refractivity contribution in [3.05, 3.63) is 101 Å². The van der Waals surface area contributed by atoms with Crippen LogP contribution in [-0.4, -0.2) is 31.1 Å². The summed E-state index contributed by atoms with van der Waals surface area (Å²) in [5.74, 6) is 1.28. The lowest BCUT2D eigenvalue weighted by atomic mass is 9.88. The summed E-state index contributed by atoms with van der Waals surface area (Å²) in [6.45, 7) is 2.73. The predicted octanol–water partition coefficient (Wildman–Crippen LogP) is 5.43. The number of carbonyl (C=O) groups excluding carboxylic acids is 1. The molecule has 31 heavy (non-hydrogen) atoms. The summed E-state index contributed by atoms with van der Waals surface area (Å²) in [6, 6.07) is 25.9. The second-order valence-electron chi connectivity index (χ2n) is 8.05. The zero-order chi connectivity index (χ0) is 21.5. The molecule has 0 atom stereocenters. The van der Waals surface area contributed by atoms with Crippen LogP contribution in [0.1, 0.15) is 45.8 Å². The second kappa shape index (κ2) is 10.3. The molecule has 0 N–H and O–H groups in total. The summed E-state index contributed by atoms with van der Waals surface area (Å²) in [5, 5.41) is 0. The predicted molar refractivity (Wildman–Crippen MR) is 122 cm³/mol. The fraction of sp³-hybridized carbons (Fsp3) is 0.296. The van der Waals surface area contributed by atoms with Gasteiger partial charge in [-0.1, -0.05) is 54.6 Å². The molecule has 1 heterocycles. The molecule has 1 saturated heterocycles. The monoisotopic (exact) mass is 415 g/mol. The molecule has 0 spiro atoms. The van der Waals surface area contributed by atoms with Crippen LogP contribution in [0, 0.1) is 0 Å². The van der Waals surface area contributed by atoms with Gasteiger partial charge in [0.25, 0.3) is 5.91 Å². The number of amides is 1. The summed E-state index contributed by atoms with van der Waals surface area (Å²) in [6.07, 6.45) is 2.08. The van der Waals surface area contributed by atoms with Crippen molar-refractivity contribution in [3.8, 4) is 5.75 Å². The van der Waals surface area contributed by atoms with Crippen molar-refractivity contribution in [1.82, 2.24) is 4.90 Å². The molecule has 3 aromatic carbocycles. The molecule has 4 rings (SSSR count). The average Bonchev–Trinajstić information content (AvgIpc) is 2.84. The maximum atomic E-state index is 13.0. The van der Waals surface area contributed by atoms with Gasteiger partial charge in [-0.05, 0) is 59.7 Å². The van der Waals surface area contributed by atoms with Crippen molar-refractivity contribution in [3.63, 3.8) is 0 Å². The molecule has 1 fully saturated rings. The first-order valence-corrected chi connectivity index (χ1v) is 10.9. The first-order valence-electron chi connectivity index (χ1n) is 10.9. The normalized spacial score (nSPS) is 14.2. The van der Waals surface area contributed by atoms with E-state index in [-0.39, 0.29) is 5.91 Å². The Balaban J connectivity index is 1.38. The Kier molecular flexibility index (Phi) is 7.00. The minimum atomic E-state index is 0.0105. The highest BCUT2D eigenvalue weighted by Crippen LogP contribution is 2.30. The quantitative estimate of drug-likeness (QED) is 0.516. The van der Waals surface area contributed by atoms with Gasteiger partial charge in [0.1, 0.15) is 12.4 Å². The maximum absolute atomic E-state index is 13.0. The first kappa shape index (κ1) is 21.1. The van der Waals surface area contributed by atoms with E-state index in [1.54, 1.807) is 4.90 Å². The maximum Gasteiger partial charge on any atom is 0.253 e. The zero-order valence-corrected chi connectivity index (χ0v) is 18.0. The summed E-state index contributed by atoms with van der Waals surface area (Å²) < 4.78 is 11.3. The number of rotatable bonds is 7. The van der Waals surface area contributed by atoms with Crippen molar-refractivity contribution >= 4 is 5.91 Å². The zero-order valence-electron chi connectivity index (χ0n) is 18.0. The van der Waals surface area contributed by atoms with Crippen LogP contribution < -0.4 is 4.74 Å². The van der Waals surface area contributed by atoms with Gasteiger partial charge in [0, 0.05) is 32.4 Å². The molecule has 4 heteroatoms. The molecule has 0 unspecified atom stereocenters. The van der Waals surface area contributed by atoms with Crippen molar-refractivity contribution in [2.75, 3.05) is 20.3 Å². The van der Waals surface area contributed by atoms with Crippen LogP contribution in [0.25, 0.3) is 0 Å². The van der Waals surface area contributed by atoms with Gasteiger partial charge in [0.2, 0.25) is 0 Å². The second-order valence-corrected chi connectivity index (χ2v) is 8.05. The van der Waals surface area contributed by atoms with Gasteiger partial charge in [-0.3, -0.25) is 4.79 Å². The Hall–Kier alpha value is -3.11. The van der Waals surface area contributed by atoms with E-state index >= 15 is 0 Å². The van der Waals surface area contributed by atoms with E-state index in [2.05, 4.69) is 24.3 Å². The van der Waals surface area contributed by atoms with E-state index in [4.69, 9.17) is 9.47 Å². The van der Waals surface area contributed by atoms with Gasteiger partial charge < -0.3 is 14.4 Å². The van der Waals surface area contributed by atoms with E-state index < -0.39 is 0 Å². The van der Waals surface area contributed by atoms with Gasteiger partial charge in [-0.2, -0.15) is 0 Å². The molecule has 4 nitrogen and oxygen atoms in total. The molecule has 1 amide bonds. The van der Waals surface area contributed by atoms with Gasteiger partial charge in [0.05, 0.1) is 0 Å². The highest BCUT2D eigenvalue weighted by atomic mass is 16.5. The van der Waals surface area contributed by atoms with Crippen molar-refractivity contribution in [1.29, 1.82) is 0 Å². The average molecular weight is 416 g/mol. The van der Waals surface area contributed by atoms with Crippen LogP contribution in [0.3, 0.4) is 0 Å². The lowest BCUT2D eigenvalue weighted by Crippen LogP contribution is -2.27. The Bertz CT molecular complexity index is 979. The Morgan fingerprint density at radius 3 is 2.35 bits per heavy atom. The molecule has 0 bridgehead atoms. The lowest BCUT2D eigenvalue weighted by Gasteiger charge is -2.26. The van der Waals surface area contributed by atoms with Crippen LogP contribution in [0.4, 0.5) is 0 Å². The van der Waals surface area contributed by atoms with E-state index in [0.717, 1.165) is 37.4 Å². The Labute approximate surface area is 184 Å². The molecule has 0 radical (unpaired) electrons. The third-order valence-electron chi connectivity index (χ3n) is 5.82. The SMILES string of the molecule is CN(Cc1ccccc1C1CCOCC1)C(=O)c1ccc(OCc2ccccc2)cc1. The van der Waals surface area contributed by atoms with Gasteiger partial charge in [0.15, 0.2) is 0 Å². The smallest absolute Gasteiger partial charge is 0.253 e. The third-order valence-corrected chi connectivity index (χ3v) is 5.82. The largest absolute Gasteiger partial charge is 0.489 e.